The van der Waals surface area contributed by atoms with Gasteiger partial charge in [0.25, 0.3) is 5.91 Å². The van der Waals surface area contributed by atoms with E-state index in [9.17, 15) is 14.4 Å². The van der Waals surface area contributed by atoms with Crippen molar-refractivity contribution in [1.82, 2.24) is 20.0 Å². The molecule has 150 valence electrons. The minimum Gasteiger partial charge on any atom is -0.468 e. The van der Waals surface area contributed by atoms with Gasteiger partial charge in [0.2, 0.25) is 0 Å². The number of amides is 3. The summed E-state index contributed by atoms with van der Waals surface area (Å²) < 4.78 is 4.65. The summed E-state index contributed by atoms with van der Waals surface area (Å²) in [5, 5.41) is 3.45. The van der Waals surface area contributed by atoms with Crippen molar-refractivity contribution in [2.75, 3.05) is 38.7 Å². The van der Waals surface area contributed by atoms with E-state index in [0.29, 0.717) is 0 Å². The van der Waals surface area contributed by atoms with Crippen LogP contribution in [0.3, 0.4) is 0 Å². The summed E-state index contributed by atoms with van der Waals surface area (Å²) in [6.07, 6.45) is 0.269. The molecule has 3 saturated heterocycles. The molecule has 3 aliphatic heterocycles. The van der Waals surface area contributed by atoms with Gasteiger partial charge in [-0.2, -0.15) is 0 Å². The van der Waals surface area contributed by atoms with Gasteiger partial charge in [-0.1, -0.05) is 17.7 Å². The summed E-state index contributed by atoms with van der Waals surface area (Å²) in [6.45, 7) is 3.27. The molecule has 1 N–H and O–H groups in total. The molecule has 0 radical (unpaired) electrons. The average molecular weight is 387 g/mol. The van der Waals surface area contributed by atoms with Crippen LogP contribution in [0.15, 0.2) is 24.3 Å². The molecule has 3 unspecified atom stereocenters. The first kappa shape index (κ1) is 18.7. The molecule has 0 spiro atoms. The summed E-state index contributed by atoms with van der Waals surface area (Å²) in [5.74, 6) is -0.977. The van der Waals surface area contributed by atoms with E-state index in [1.165, 1.54) is 17.6 Å². The Hall–Kier alpha value is -2.65. The van der Waals surface area contributed by atoms with Crippen molar-refractivity contribution in [3.05, 3.63) is 29.8 Å². The van der Waals surface area contributed by atoms with E-state index in [2.05, 4.69) is 44.1 Å². The van der Waals surface area contributed by atoms with Crippen molar-refractivity contribution in [1.29, 1.82) is 0 Å². The minimum atomic E-state index is -0.615. The Morgan fingerprint density at radius 1 is 1.21 bits per heavy atom. The number of benzene rings is 1. The molecule has 0 saturated carbocycles. The molecule has 4 rings (SSSR count). The fourth-order valence-corrected chi connectivity index (χ4v) is 4.26. The number of carbonyl (C=O) groups is 3. The Bertz CT molecular complexity index is 798. The maximum atomic E-state index is 13.1. The highest BCUT2D eigenvalue weighted by Gasteiger charge is 2.56. The number of hydrogen-bond donors (Lipinski definition) is 1. The number of imide groups is 1. The summed E-state index contributed by atoms with van der Waals surface area (Å²) in [6, 6.07) is 7.24. The number of ether oxygens (including phenoxy) is 1. The average Bonchev–Trinajstić information content (AvgIpc) is 3.10. The Balaban J connectivity index is 1.63. The number of carbonyl (C=O) groups excluding carboxylic acids is 3. The van der Waals surface area contributed by atoms with Crippen LogP contribution in [0, 0.1) is 6.92 Å². The van der Waals surface area contributed by atoms with Crippen molar-refractivity contribution in [3.8, 4) is 0 Å². The summed E-state index contributed by atoms with van der Waals surface area (Å²) in [4.78, 5) is 44.3. The third kappa shape index (κ3) is 2.91. The molecule has 1 aromatic rings. The lowest BCUT2D eigenvalue weighted by Crippen LogP contribution is -2.67. The van der Waals surface area contributed by atoms with E-state index >= 15 is 0 Å². The number of hydrogen-bond acceptors (Lipinski definition) is 7. The number of aryl methyl sites for hydroxylation is 1. The predicted octanol–water partition coefficient (Wildman–Crippen LogP) is 0.156. The highest BCUT2D eigenvalue weighted by molar-refractivity contribution is 6.02. The molecule has 3 amide bonds. The molecular formula is C19H25N5O4. The zero-order chi connectivity index (χ0) is 20.0. The van der Waals surface area contributed by atoms with Gasteiger partial charge >= 0.3 is 12.0 Å². The zero-order valence-corrected chi connectivity index (χ0v) is 16.3. The van der Waals surface area contributed by atoms with Gasteiger partial charge in [-0.15, -0.1) is 0 Å². The standard InChI is InChI=1S/C19H25N5O4/c1-12-5-7-13(8-6-12)22-9-4-10-23-15-16(20-18(22)23)21(2)19(27)24(17(15)26)11-14(25)28-3/h5-8,15-16,18,20H,4,9-11H2,1-3H3. The highest BCUT2D eigenvalue weighted by Crippen LogP contribution is 2.33. The Labute approximate surface area is 163 Å². The van der Waals surface area contributed by atoms with Gasteiger partial charge in [0, 0.05) is 25.8 Å². The number of anilines is 1. The predicted molar refractivity (Wildman–Crippen MR) is 101 cm³/mol. The van der Waals surface area contributed by atoms with E-state index in [4.69, 9.17) is 0 Å². The smallest absolute Gasteiger partial charge is 0.328 e. The third-order valence-electron chi connectivity index (χ3n) is 5.75. The number of nitrogens with one attached hydrogen (secondary N) is 1. The number of rotatable bonds is 3. The first-order valence-electron chi connectivity index (χ1n) is 9.42. The summed E-state index contributed by atoms with van der Waals surface area (Å²) >= 11 is 0. The molecular weight excluding hydrogens is 362 g/mol. The molecule has 3 heterocycles. The number of methoxy groups -OCH3 is 1. The van der Waals surface area contributed by atoms with Crippen LogP contribution in [0.2, 0.25) is 0 Å². The number of nitrogens with zero attached hydrogens (tertiary/aromatic N) is 4. The van der Waals surface area contributed by atoms with Gasteiger partial charge in [0.1, 0.15) is 25.0 Å². The zero-order valence-electron chi connectivity index (χ0n) is 16.3. The molecule has 0 aliphatic carbocycles. The summed E-state index contributed by atoms with van der Waals surface area (Å²) in [7, 11) is 2.89. The number of urea groups is 1. The lowest BCUT2D eigenvalue weighted by Gasteiger charge is -2.43. The first-order chi connectivity index (χ1) is 13.4. The molecule has 9 heteroatoms. The van der Waals surface area contributed by atoms with E-state index in [0.717, 1.165) is 30.1 Å². The molecule has 3 fully saturated rings. The van der Waals surface area contributed by atoms with Crippen LogP contribution in [0.5, 0.6) is 0 Å². The minimum absolute atomic E-state index is 0.191. The fourth-order valence-electron chi connectivity index (χ4n) is 4.26. The van der Waals surface area contributed by atoms with Crippen LogP contribution in [-0.4, -0.2) is 84.9 Å². The molecule has 0 bridgehead atoms. The fraction of sp³-hybridized carbons (Fsp3) is 0.526. The Morgan fingerprint density at radius 3 is 2.61 bits per heavy atom. The Kier molecular flexibility index (Phi) is 4.72. The molecule has 3 aliphatic rings. The number of likely N-dealkylation sites (N-methyl/N-ethyl adjacent to an activating group) is 1. The van der Waals surface area contributed by atoms with Crippen LogP contribution >= 0.6 is 0 Å². The topological polar surface area (TPSA) is 85.4 Å². The third-order valence-corrected chi connectivity index (χ3v) is 5.75. The molecule has 1 aromatic carbocycles. The van der Waals surface area contributed by atoms with Gasteiger partial charge in [0.15, 0.2) is 0 Å². The van der Waals surface area contributed by atoms with E-state index in [1.54, 1.807) is 7.05 Å². The normalized spacial score (nSPS) is 27.7. The number of fused-ring (bicyclic) bond motifs is 3. The molecule has 0 aromatic heterocycles. The highest BCUT2D eigenvalue weighted by atomic mass is 16.5. The van der Waals surface area contributed by atoms with Crippen LogP contribution in [0.1, 0.15) is 12.0 Å². The van der Waals surface area contributed by atoms with Crippen molar-refractivity contribution in [3.63, 3.8) is 0 Å². The second-order valence-electron chi connectivity index (χ2n) is 7.44. The van der Waals surface area contributed by atoms with Crippen molar-refractivity contribution in [2.45, 2.75) is 31.8 Å². The van der Waals surface area contributed by atoms with Gasteiger partial charge < -0.3 is 14.5 Å². The maximum absolute atomic E-state index is 13.1. The lowest BCUT2D eigenvalue weighted by molar-refractivity contribution is -0.149. The van der Waals surface area contributed by atoms with Crippen LogP contribution in [0.25, 0.3) is 0 Å². The first-order valence-corrected chi connectivity index (χ1v) is 9.42. The van der Waals surface area contributed by atoms with Crippen LogP contribution < -0.4 is 10.2 Å². The molecule has 28 heavy (non-hydrogen) atoms. The second-order valence-corrected chi connectivity index (χ2v) is 7.44. The summed E-state index contributed by atoms with van der Waals surface area (Å²) in [5.41, 5.74) is 2.25. The molecule has 3 atom stereocenters. The van der Waals surface area contributed by atoms with Crippen molar-refractivity contribution < 1.29 is 19.1 Å². The van der Waals surface area contributed by atoms with Crippen molar-refractivity contribution in [2.24, 2.45) is 0 Å². The van der Waals surface area contributed by atoms with E-state index < -0.39 is 24.2 Å². The second kappa shape index (κ2) is 7.06. The van der Waals surface area contributed by atoms with Crippen LogP contribution in [-0.2, 0) is 14.3 Å². The number of esters is 1. The lowest BCUT2D eigenvalue weighted by atomic mass is 10.1. The van der Waals surface area contributed by atoms with Crippen LogP contribution in [0.4, 0.5) is 10.5 Å². The van der Waals surface area contributed by atoms with Crippen molar-refractivity contribution >= 4 is 23.6 Å². The SMILES string of the molecule is COC(=O)CN1C(=O)C2C(NC3N(c4ccc(C)cc4)CCCN23)N(C)C1=O. The molecule has 9 nitrogen and oxygen atoms in total. The Morgan fingerprint density at radius 2 is 1.93 bits per heavy atom. The van der Waals surface area contributed by atoms with E-state index in [1.807, 2.05) is 6.92 Å². The van der Waals surface area contributed by atoms with Gasteiger partial charge in [0.05, 0.1) is 7.11 Å². The largest absolute Gasteiger partial charge is 0.468 e. The van der Waals surface area contributed by atoms with E-state index in [-0.39, 0.29) is 18.7 Å². The quantitative estimate of drug-likeness (QED) is 0.740. The monoisotopic (exact) mass is 387 g/mol. The van der Waals surface area contributed by atoms with Gasteiger partial charge in [-0.3, -0.25) is 24.7 Å². The van der Waals surface area contributed by atoms with Gasteiger partial charge in [-0.05, 0) is 25.5 Å². The maximum Gasteiger partial charge on any atom is 0.328 e. The van der Waals surface area contributed by atoms with Gasteiger partial charge in [-0.25, -0.2) is 4.79 Å².